The van der Waals surface area contributed by atoms with E-state index in [0.717, 1.165) is 16.1 Å². The van der Waals surface area contributed by atoms with E-state index in [0.29, 0.717) is 37.0 Å². The number of nitrogens with zero attached hydrogens (tertiary/aromatic N) is 2. The molecule has 8 heteroatoms. The van der Waals surface area contributed by atoms with E-state index in [-0.39, 0.29) is 5.91 Å². The van der Waals surface area contributed by atoms with Gasteiger partial charge in [0.15, 0.2) is 0 Å². The van der Waals surface area contributed by atoms with Gasteiger partial charge in [-0.1, -0.05) is 17.7 Å². The highest BCUT2D eigenvalue weighted by Gasteiger charge is 2.32. The number of morpholine rings is 1. The predicted octanol–water partition coefficient (Wildman–Crippen LogP) is 1.66. The molecule has 1 saturated heterocycles. The van der Waals surface area contributed by atoms with E-state index in [1.807, 2.05) is 6.92 Å². The van der Waals surface area contributed by atoms with Crippen LogP contribution in [0.4, 0.5) is 5.69 Å². The Morgan fingerprint density at radius 1 is 1.35 bits per heavy atom. The van der Waals surface area contributed by atoms with Crippen molar-refractivity contribution in [2.45, 2.75) is 19.9 Å². The van der Waals surface area contributed by atoms with Crippen molar-refractivity contribution >= 4 is 33.2 Å². The molecular formula is C15H21ClN2O4S. The number of ether oxygens (including phenoxy) is 1. The first-order valence-electron chi connectivity index (χ1n) is 7.34. The number of carbonyl (C=O) groups excluding carboxylic acids is 1. The SMILES string of the molecule is Cc1ccc(N([C@H](C)C(=O)N2CCOCC2)S(C)(=O)=O)cc1Cl. The van der Waals surface area contributed by atoms with Gasteiger partial charge in [0.05, 0.1) is 25.2 Å². The molecule has 1 heterocycles. The molecule has 1 amide bonds. The van der Waals surface area contributed by atoms with E-state index < -0.39 is 16.1 Å². The monoisotopic (exact) mass is 360 g/mol. The lowest BCUT2D eigenvalue weighted by Crippen LogP contribution is -2.52. The molecule has 23 heavy (non-hydrogen) atoms. The van der Waals surface area contributed by atoms with Crippen molar-refractivity contribution in [1.29, 1.82) is 0 Å². The number of aryl methyl sites for hydroxylation is 1. The van der Waals surface area contributed by atoms with Crippen LogP contribution in [0, 0.1) is 6.92 Å². The Balaban J connectivity index is 2.34. The van der Waals surface area contributed by atoms with Crippen molar-refractivity contribution in [2.75, 3.05) is 36.9 Å². The smallest absolute Gasteiger partial charge is 0.246 e. The van der Waals surface area contributed by atoms with Gasteiger partial charge in [0, 0.05) is 18.1 Å². The van der Waals surface area contributed by atoms with Gasteiger partial charge in [0.25, 0.3) is 0 Å². The van der Waals surface area contributed by atoms with Gasteiger partial charge in [-0.2, -0.15) is 0 Å². The summed E-state index contributed by atoms with van der Waals surface area (Å²) in [6.45, 7) is 5.29. The second kappa shape index (κ2) is 7.07. The van der Waals surface area contributed by atoms with Gasteiger partial charge >= 0.3 is 0 Å². The van der Waals surface area contributed by atoms with Crippen molar-refractivity contribution in [1.82, 2.24) is 4.90 Å². The zero-order chi connectivity index (χ0) is 17.2. The molecule has 1 fully saturated rings. The van der Waals surface area contributed by atoms with Gasteiger partial charge in [-0.05, 0) is 31.5 Å². The molecule has 2 rings (SSSR count). The molecule has 0 unspecified atom stereocenters. The maximum atomic E-state index is 12.6. The average molecular weight is 361 g/mol. The second-order valence-corrected chi connectivity index (χ2v) is 7.87. The first-order valence-corrected chi connectivity index (χ1v) is 9.56. The third kappa shape index (κ3) is 4.16. The normalized spacial score (nSPS) is 17.0. The lowest BCUT2D eigenvalue weighted by Gasteiger charge is -2.34. The Hall–Kier alpha value is -1.31. The summed E-state index contributed by atoms with van der Waals surface area (Å²) in [6.07, 6.45) is 1.09. The molecular weight excluding hydrogens is 340 g/mol. The number of rotatable bonds is 4. The van der Waals surface area contributed by atoms with Crippen LogP contribution in [0.5, 0.6) is 0 Å². The standard InChI is InChI=1S/C15H21ClN2O4S/c1-11-4-5-13(10-14(11)16)18(23(3,20)21)12(2)15(19)17-6-8-22-9-7-17/h4-5,10,12H,6-9H2,1-3H3/t12-/m1/s1. The molecule has 1 atom stereocenters. The van der Waals surface area contributed by atoms with Crippen LogP contribution in [0.25, 0.3) is 0 Å². The van der Waals surface area contributed by atoms with Gasteiger partial charge in [-0.15, -0.1) is 0 Å². The number of hydrogen-bond donors (Lipinski definition) is 0. The third-order valence-corrected chi connectivity index (χ3v) is 5.45. The highest BCUT2D eigenvalue weighted by atomic mass is 35.5. The zero-order valence-electron chi connectivity index (χ0n) is 13.5. The minimum Gasteiger partial charge on any atom is -0.378 e. The van der Waals surface area contributed by atoms with Gasteiger partial charge in [0.1, 0.15) is 6.04 Å². The first-order chi connectivity index (χ1) is 10.7. The topological polar surface area (TPSA) is 66.9 Å². The van der Waals surface area contributed by atoms with Crippen molar-refractivity contribution in [3.8, 4) is 0 Å². The molecule has 0 N–H and O–H groups in total. The molecule has 6 nitrogen and oxygen atoms in total. The summed E-state index contributed by atoms with van der Waals surface area (Å²) in [6, 6.07) is 4.12. The molecule has 0 spiro atoms. The molecule has 0 radical (unpaired) electrons. The average Bonchev–Trinajstić information content (AvgIpc) is 2.49. The number of sulfonamides is 1. The molecule has 0 aromatic heterocycles. The fourth-order valence-corrected chi connectivity index (χ4v) is 3.91. The first kappa shape index (κ1) is 18.0. The van der Waals surface area contributed by atoms with Crippen molar-refractivity contribution in [2.24, 2.45) is 0 Å². The van der Waals surface area contributed by atoms with Crippen LogP contribution in [0.1, 0.15) is 12.5 Å². The summed E-state index contributed by atoms with van der Waals surface area (Å²) in [5.74, 6) is -0.240. The fraction of sp³-hybridized carbons (Fsp3) is 0.533. The Morgan fingerprint density at radius 2 is 1.96 bits per heavy atom. The molecule has 0 aliphatic carbocycles. The van der Waals surface area contributed by atoms with Gasteiger partial charge in [0.2, 0.25) is 15.9 Å². The number of hydrogen-bond acceptors (Lipinski definition) is 4. The van der Waals surface area contributed by atoms with Crippen molar-refractivity contribution in [3.05, 3.63) is 28.8 Å². The van der Waals surface area contributed by atoms with E-state index in [9.17, 15) is 13.2 Å². The number of benzene rings is 1. The minimum absolute atomic E-state index is 0.240. The summed E-state index contributed by atoms with van der Waals surface area (Å²) in [4.78, 5) is 14.3. The summed E-state index contributed by atoms with van der Waals surface area (Å²) in [7, 11) is -3.63. The third-order valence-electron chi connectivity index (χ3n) is 3.80. The summed E-state index contributed by atoms with van der Waals surface area (Å²) in [5, 5.41) is 0.460. The van der Waals surface area contributed by atoms with Gasteiger partial charge in [-0.25, -0.2) is 8.42 Å². The fourth-order valence-electron chi connectivity index (χ4n) is 2.57. The molecule has 1 aliphatic heterocycles. The molecule has 128 valence electrons. The van der Waals surface area contributed by atoms with Crippen LogP contribution in [-0.2, 0) is 19.6 Å². The Labute approximate surface area is 142 Å². The van der Waals surface area contributed by atoms with E-state index in [1.165, 1.54) is 0 Å². The van der Waals surface area contributed by atoms with Crippen LogP contribution >= 0.6 is 11.6 Å². The molecule has 0 bridgehead atoms. The number of halogens is 1. The van der Waals surface area contributed by atoms with Crippen LogP contribution in [0.2, 0.25) is 5.02 Å². The molecule has 0 saturated carbocycles. The highest BCUT2D eigenvalue weighted by molar-refractivity contribution is 7.92. The lowest BCUT2D eigenvalue weighted by molar-refractivity contribution is -0.136. The van der Waals surface area contributed by atoms with Crippen molar-refractivity contribution < 1.29 is 17.9 Å². The highest BCUT2D eigenvalue weighted by Crippen LogP contribution is 2.27. The number of carbonyl (C=O) groups is 1. The zero-order valence-corrected chi connectivity index (χ0v) is 15.0. The maximum Gasteiger partial charge on any atom is 0.246 e. The van der Waals surface area contributed by atoms with E-state index >= 15 is 0 Å². The predicted molar refractivity (Wildman–Crippen MR) is 90.4 cm³/mol. The number of amides is 1. The maximum absolute atomic E-state index is 12.6. The van der Waals surface area contributed by atoms with Crippen LogP contribution in [-0.4, -0.2) is 57.8 Å². The van der Waals surface area contributed by atoms with Crippen LogP contribution in [0.3, 0.4) is 0 Å². The largest absolute Gasteiger partial charge is 0.378 e. The molecule has 1 aromatic rings. The van der Waals surface area contributed by atoms with Crippen LogP contribution < -0.4 is 4.31 Å². The minimum atomic E-state index is -3.63. The van der Waals surface area contributed by atoms with Crippen LogP contribution in [0.15, 0.2) is 18.2 Å². The van der Waals surface area contributed by atoms with Gasteiger partial charge in [-0.3, -0.25) is 9.10 Å². The van der Waals surface area contributed by atoms with E-state index in [2.05, 4.69) is 0 Å². The van der Waals surface area contributed by atoms with Crippen molar-refractivity contribution in [3.63, 3.8) is 0 Å². The second-order valence-electron chi connectivity index (χ2n) is 5.61. The molecule has 1 aliphatic rings. The van der Waals surface area contributed by atoms with Gasteiger partial charge < -0.3 is 9.64 Å². The summed E-state index contributed by atoms with van der Waals surface area (Å²) in [5.41, 5.74) is 1.23. The van der Waals surface area contributed by atoms with E-state index in [4.69, 9.17) is 16.3 Å². The molecule has 1 aromatic carbocycles. The number of anilines is 1. The summed E-state index contributed by atoms with van der Waals surface area (Å²) < 4.78 is 30.8. The lowest BCUT2D eigenvalue weighted by atomic mass is 10.2. The van der Waals surface area contributed by atoms with E-state index in [1.54, 1.807) is 30.0 Å². The quantitative estimate of drug-likeness (QED) is 0.819. The Morgan fingerprint density at radius 3 is 2.48 bits per heavy atom. The Kier molecular flexibility index (Phi) is 5.54. The Bertz CT molecular complexity index is 687. The summed E-state index contributed by atoms with van der Waals surface area (Å²) >= 11 is 6.11.